The summed E-state index contributed by atoms with van der Waals surface area (Å²) >= 11 is 3.86. The highest BCUT2D eigenvalue weighted by Gasteiger charge is 2.27. The second kappa shape index (κ2) is 6.29. The molecule has 5 nitrogen and oxygen atoms in total. The van der Waals surface area contributed by atoms with Crippen LogP contribution < -0.4 is 4.74 Å². The molecule has 19 heavy (non-hydrogen) atoms. The van der Waals surface area contributed by atoms with E-state index in [-0.39, 0.29) is 11.3 Å². The van der Waals surface area contributed by atoms with Gasteiger partial charge in [-0.3, -0.25) is 4.79 Å². The number of methoxy groups -OCH3 is 1. The van der Waals surface area contributed by atoms with Crippen LogP contribution in [-0.4, -0.2) is 37.1 Å². The molecule has 0 heterocycles. The Kier molecular flexibility index (Phi) is 5.25. The Bertz CT molecular complexity index is 536. The molecule has 0 radical (unpaired) electrons. The van der Waals surface area contributed by atoms with Crippen LogP contribution in [-0.2, 0) is 14.6 Å². The van der Waals surface area contributed by atoms with E-state index in [9.17, 15) is 13.2 Å². The van der Waals surface area contributed by atoms with Crippen LogP contribution in [0.3, 0.4) is 0 Å². The standard InChI is InChI=1S/C12H16O5S2/c1-8(7-11(18)12(13)14)19(15,16)10-5-3-9(17-2)4-6-10/h3-6,8,11,18H,7H2,1-2H3,(H,13,14). The summed E-state index contributed by atoms with van der Waals surface area (Å²) in [6.07, 6.45) is -0.0488. The highest BCUT2D eigenvalue weighted by molar-refractivity contribution is 7.92. The van der Waals surface area contributed by atoms with E-state index in [4.69, 9.17) is 9.84 Å². The minimum absolute atomic E-state index is 0.0488. The van der Waals surface area contributed by atoms with E-state index in [1.54, 1.807) is 12.1 Å². The smallest absolute Gasteiger partial charge is 0.316 e. The number of carboxylic acid groups (broad SMARTS) is 1. The third-order valence-corrected chi connectivity index (χ3v) is 5.37. The lowest BCUT2D eigenvalue weighted by molar-refractivity contribution is -0.136. The quantitative estimate of drug-likeness (QED) is 0.781. The lowest BCUT2D eigenvalue weighted by Crippen LogP contribution is -2.25. The Balaban J connectivity index is 2.92. The Morgan fingerprint density at radius 1 is 1.37 bits per heavy atom. The molecule has 0 aliphatic rings. The van der Waals surface area contributed by atoms with Crippen molar-refractivity contribution in [1.82, 2.24) is 0 Å². The fourth-order valence-electron chi connectivity index (χ4n) is 1.54. The first-order chi connectivity index (χ1) is 8.78. The number of aliphatic carboxylic acids is 1. The fourth-order valence-corrected chi connectivity index (χ4v) is 3.42. The molecular formula is C12H16O5S2. The normalized spacial score (nSPS) is 14.7. The summed E-state index contributed by atoms with van der Waals surface area (Å²) in [7, 11) is -2.07. The number of hydrogen-bond acceptors (Lipinski definition) is 5. The molecular weight excluding hydrogens is 288 g/mol. The molecule has 2 atom stereocenters. The van der Waals surface area contributed by atoms with Crippen LogP contribution in [0.2, 0.25) is 0 Å². The maximum atomic E-state index is 12.2. The molecule has 0 aliphatic carbocycles. The minimum Gasteiger partial charge on any atom is -0.497 e. The van der Waals surface area contributed by atoms with E-state index in [0.29, 0.717) is 5.75 Å². The van der Waals surface area contributed by atoms with Gasteiger partial charge in [-0.1, -0.05) is 0 Å². The first kappa shape index (κ1) is 15.8. The van der Waals surface area contributed by atoms with Gasteiger partial charge >= 0.3 is 5.97 Å². The van der Waals surface area contributed by atoms with Crippen LogP contribution in [0.5, 0.6) is 5.75 Å². The molecule has 106 valence electrons. The van der Waals surface area contributed by atoms with Gasteiger partial charge < -0.3 is 9.84 Å². The molecule has 7 heteroatoms. The molecule has 1 aromatic rings. The van der Waals surface area contributed by atoms with E-state index in [1.165, 1.54) is 26.2 Å². The van der Waals surface area contributed by atoms with Crippen molar-refractivity contribution in [2.75, 3.05) is 7.11 Å². The first-order valence-electron chi connectivity index (χ1n) is 5.58. The summed E-state index contributed by atoms with van der Waals surface area (Å²) in [5.74, 6) is -0.565. The summed E-state index contributed by atoms with van der Waals surface area (Å²) in [5.41, 5.74) is 0. The SMILES string of the molecule is COc1ccc(S(=O)(=O)C(C)CC(S)C(=O)O)cc1. The number of sulfone groups is 1. The Hall–Kier alpha value is -1.21. The molecule has 1 rings (SSSR count). The lowest BCUT2D eigenvalue weighted by atomic mass is 10.2. The molecule has 0 aliphatic heterocycles. The van der Waals surface area contributed by atoms with Crippen molar-refractivity contribution in [1.29, 1.82) is 0 Å². The maximum absolute atomic E-state index is 12.2. The highest BCUT2D eigenvalue weighted by Crippen LogP contribution is 2.23. The predicted molar refractivity (Wildman–Crippen MR) is 74.7 cm³/mol. The Morgan fingerprint density at radius 3 is 2.32 bits per heavy atom. The van der Waals surface area contributed by atoms with E-state index < -0.39 is 26.3 Å². The summed E-state index contributed by atoms with van der Waals surface area (Å²) in [6, 6.07) is 5.99. The number of benzene rings is 1. The zero-order valence-electron chi connectivity index (χ0n) is 10.6. The molecule has 0 amide bonds. The Labute approximate surface area is 117 Å². The highest BCUT2D eigenvalue weighted by atomic mass is 32.2. The van der Waals surface area contributed by atoms with Gasteiger partial charge in [-0.2, -0.15) is 12.6 Å². The topological polar surface area (TPSA) is 80.7 Å². The van der Waals surface area contributed by atoms with Crippen LogP contribution in [0.25, 0.3) is 0 Å². The minimum atomic E-state index is -3.56. The second-order valence-corrected chi connectivity index (χ2v) is 7.11. The van der Waals surface area contributed by atoms with Gasteiger partial charge in [-0.05, 0) is 37.6 Å². The van der Waals surface area contributed by atoms with E-state index in [2.05, 4.69) is 12.6 Å². The molecule has 0 aromatic heterocycles. The van der Waals surface area contributed by atoms with Gasteiger partial charge in [0.05, 0.1) is 17.3 Å². The van der Waals surface area contributed by atoms with Gasteiger partial charge in [0.25, 0.3) is 0 Å². The number of carboxylic acids is 1. The first-order valence-corrected chi connectivity index (χ1v) is 7.64. The lowest BCUT2D eigenvalue weighted by Gasteiger charge is -2.15. The molecule has 0 bridgehead atoms. The summed E-state index contributed by atoms with van der Waals surface area (Å²) in [4.78, 5) is 10.8. The maximum Gasteiger partial charge on any atom is 0.316 e. The number of thiol groups is 1. The third kappa shape index (κ3) is 3.87. The van der Waals surface area contributed by atoms with Crippen molar-refractivity contribution in [3.05, 3.63) is 24.3 Å². The van der Waals surface area contributed by atoms with E-state index in [1.807, 2.05) is 0 Å². The summed E-state index contributed by atoms with van der Waals surface area (Å²) < 4.78 is 29.4. The average molecular weight is 304 g/mol. The van der Waals surface area contributed by atoms with E-state index >= 15 is 0 Å². The van der Waals surface area contributed by atoms with Crippen molar-refractivity contribution in [3.63, 3.8) is 0 Å². The van der Waals surface area contributed by atoms with Crippen LogP contribution in [0.1, 0.15) is 13.3 Å². The zero-order chi connectivity index (χ0) is 14.6. The van der Waals surface area contributed by atoms with Crippen molar-refractivity contribution in [2.24, 2.45) is 0 Å². The van der Waals surface area contributed by atoms with Crippen molar-refractivity contribution >= 4 is 28.4 Å². The third-order valence-electron chi connectivity index (χ3n) is 2.76. The Morgan fingerprint density at radius 2 is 1.89 bits per heavy atom. The molecule has 1 N–H and O–H groups in total. The molecule has 2 unspecified atom stereocenters. The summed E-state index contributed by atoms with van der Waals surface area (Å²) in [5, 5.41) is 6.93. The van der Waals surface area contributed by atoms with Crippen LogP contribution >= 0.6 is 12.6 Å². The second-order valence-electron chi connectivity index (χ2n) is 4.12. The number of hydrogen-bond donors (Lipinski definition) is 2. The van der Waals surface area contributed by atoms with Gasteiger partial charge in [0.1, 0.15) is 11.0 Å². The predicted octanol–water partition coefficient (Wildman–Crippen LogP) is 1.63. The number of ether oxygens (including phenoxy) is 1. The van der Waals surface area contributed by atoms with Gasteiger partial charge in [0.2, 0.25) is 0 Å². The molecule has 0 saturated carbocycles. The molecule has 0 saturated heterocycles. The fraction of sp³-hybridized carbons (Fsp3) is 0.417. The average Bonchev–Trinajstić information content (AvgIpc) is 2.38. The van der Waals surface area contributed by atoms with Crippen LogP contribution in [0.4, 0.5) is 0 Å². The van der Waals surface area contributed by atoms with Crippen molar-refractivity contribution in [3.8, 4) is 5.75 Å². The van der Waals surface area contributed by atoms with Gasteiger partial charge in [0.15, 0.2) is 9.84 Å². The molecule has 0 fully saturated rings. The monoisotopic (exact) mass is 304 g/mol. The van der Waals surface area contributed by atoms with Crippen LogP contribution in [0, 0.1) is 0 Å². The van der Waals surface area contributed by atoms with Gasteiger partial charge in [-0.25, -0.2) is 8.42 Å². The van der Waals surface area contributed by atoms with Gasteiger partial charge in [0, 0.05) is 0 Å². The van der Waals surface area contributed by atoms with E-state index in [0.717, 1.165) is 0 Å². The van der Waals surface area contributed by atoms with Crippen LogP contribution in [0.15, 0.2) is 29.2 Å². The number of rotatable bonds is 6. The summed E-state index contributed by atoms with van der Waals surface area (Å²) in [6.45, 7) is 1.48. The van der Waals surface area contributed by atoms with Crippen molar-refractivity contribution < 1.29 is 23.1 Å². The number of carbonyl (C=O) groups is 1. The molecule has 0 spiro atoms. The molecule has 1 aromatic carbocycles. The largest absolute Gasteiger partial charge is 0.497 e. The van der Waals surface area contributed by atoms with Gasteiger partial charge in [-0.15, -0.1) is 0 Å². The van der Waals surface area contributed by atoms with Crippen molar-refractivity contribution in [2.45, 2.75) is 28.7 Å². The zero-order valence-corrected chi connectivity index (χ0v) is 12.3.